The van der Waals surface area contributed by atoms with Crippen LogP contribution in [0.15, 0.2) is 69.9 Å². The Morgan fingerprint density at radius 1 is 1.06 bits per heavy atom. The highest BCUT2D eigenvalue weighted by atomic mass is 19.1. The van der Waals surface area contributed by atoms with Crippen molar-refractivity contribution in [2.75, 3.05) is 5.32 Å². The molecule has 4 nitrogen and oxygen atoms in total. The lowest BCUT2D eigenvalue weighted by molar-refractivity contribution is 0.605. The fourth-order valence-electron chi connectivity index (χ4n) is 3.82. The molecule has 0 saturated carbocycles. The lowest BCUT2D eigenvalue weighted by Gasteiger charge is -2.19. The van der Waals surface area contributed by atoms with Gasteiger partial charge < -0.3 is 9.73 Å². The van der Waals surface area contributed by atoms with Crippen LogP contribution in [0.1, 0.15) is 35.2 Å². The highest BCUT2D eigenvalue weighted by molar-refractivity contribution is 5.84. The Bertz CT molecular complexity index is 1380. The summed E-state index contributed by atoms with van der Waals surface area (Å²) < 4.78 is 20.3. The number of nitrogens with zero attached hydrogens (tertiary/aromatic N) is 1. The van der Waals surface area contributed by atoms with Crippen molar-refractivity contribution in [3.8, 4) is 17.4 Å². The van der Waals surface area contributed by atoms with Crippen molar-refractivity contribution in [2.24, 2.45) is 0 Å². The standard InChI is InChI=1S/C26H21FN2O2/c1-15-12-19(17(3)29-23-11-7-10-22(27)21(23)14-28)26-20(13-15)24(30)16(2)25(31-26)18-8-5-4-6-9-18/h4-13,17,29H,1-3H3/t17-/m1/s1. The Morgan fingerprint density at radius 3 is 2.52 bits per heavy atom. The quantitative estimate of drug-likeness (QED) is 0.430. The third-order valence-electron chi connectivity index (χ3n) is 5.39. The number of fused-ring (bicyclic) bond motifs is 1. The molecule has 0 bridgehead atoms. The van der Waals surface area contributed by atoms with Crippen LogP contribution in [0.3, 0.4) is 0 Å². The zero-order chi connectivity index (χ0) is 22.1. The van der Waals surface area contributed by atoms with E-state index >= 15 is 0 Å². The molecule has 0 aliphatic carbocycles. The molecule has 4 aromatic rings. The monoisotopic (exact) mass is 412 g/mol. The number of hydrogen-bond donors (Lipinski definition) is 1. The van der Waals surface area contributed by atoms with Crippen LogP contribution in [0.5, 0.6) is 0 Å². The van der Waals surface area contributed by atoms with Crippen LogP contribution in [0.2, 0.25) is 0 Å². The molecule has 0 radical (unpaired) electrons. The normalized spacial score (nSPS) is 11.8. The van der Waals surface area contributed by atoms with Crippen LogP contribution < -0.4 is 10.7 Å². The third-order valence-corrected chi connectivity index (χ3v) is 5.39. The van der Waals surface area contributed by atoms with E-state index in [0.29, 0.717) is 28.0 Å². The van der Waals surface area contributed by atoms with Gasteiger partial charge in [-0.2, -0.15) is 5.26 Å². The number of benzene rings is 3. The molecule has 1 aromatic heterocycles. The average molecular weight is 412 g/mol. The highest BCUT2D eigenvalue weighted by Gasteiger charge is 2.20. The smallest absolute Gasteiger partial charge is 0.196 e. The maximum atomic E-state index is 14.0. The maximum Gasteiger partial charge on any atom is 0.196 e. The van der Waals surface area contributed by atoms with Crippen LogP contribution in [-0.4, -0.2) is 0 Å². The molecule has 0 amide bonds. The van der Waals surface area contributed by atoms with E-state index in [2.05, 4.69) is 5.32 Å². The molecule has 3 aromatic carbocycles. The van der Waals surface area contributed by atoms with E-state index in [-0.39, 0.29) is 17.0 Å². The van der Waals surface area contributed by atoms with Gasteiger partial charge in [0.15, 0.2) is 5.43 Å². The van der Waals surface area contributed by atoms with Gasteiger partial charge in [0, 0.05) is 16.7 Å². The van der Waals surface area contributed by atoms with Crippen LogP contribution in [0.25, 0.3) is 22.3 Å². The molecule has 0 saturated heterocycles. The number of rotatable bonds is 4. The predicted octanol–water partition coefficient (Wildman–Crippen LogP) is 6.26. The second kappa shape index (κ2) is 8.08. The minimum absolute atomic E-state index is 0.0476. The maximum absolute atomic E-state index is 14.0. The fourth-order valence-corrected chi connectivity index (χ4v) is 3.82. The van der Waals surface area contributed by atoms with E-state index < -0.39 is 5.82 Å². The number of nitriles is 1. The van der Waals surface area contributed by atoms with E-state index in [0.717, 1.165) is 16.7 Å². The van der Waals surface area contributed by atoms with E-state index in [9.17, 15) is 14.4 Å². The molecule has 0 spiro atoms. The Kier molecular flexibility index (Phi) is 5.31. The van der Waals surface area contributed by atoms with E-state index in [1.807, 2.05) is 62.4 Å². The molecule has 5 heteroatoms. The number of halogens is 1. The second-order valence-corrected chi connectivity index (χ2v) is 7.62. The van der Waals surface area contributed by atoms with Crippen molar-refractivity contribution in [3.05, 3.63) is 99.0 Å². The summed E-state index contributed by atoms with van der Waals surface area (Å²) in [6, 6.07) is 19.3. The summed E-state index contributed by atoms with van der Waals surface area (Å²) in [6.45, 7) is 5.57. The Morgan fingerprint density at radius 2 is 1.81 bits per heavy atom. The van der Waals surface area contributed by atoms with Crippen LogP contribution >= 0.6 is 0 Å². The van der Waals surface area contributed by atoms with Crippen molar-refractivity contribution in [3.63, 3.8) is 0 Å². The summed E-state index contributed by atoms with van der Waals surface area (Å²) in [6.07, 6.45) is 0. The lowest BCUT2D eigenvalue weighted by atomic mass is 9.98. The minimum atomic E-state index is -0.581. The molecular weight excluding hydrogens is 391 g/mol. The molecular formula is C26H21FN2O2. The van der Waals surface area contributed by atoms with Crippen molar-refractivity contribution in [1.82, 2.24) is 0 Å². The zero-order valence-corrected chi connectivity index (χ0v) is 17.5. The largest absolute Gasteiger partial charge is 0.455 e. The van der Waals surface area contributed by atoms with Gasteiger partial charge in [-0.3, -0.25) is 4.79 Å². The average Bonchev–Trinajstić information content (AvgIpc) is 2.77. The van der Waals surface area contributed by atoms with Gasteiger partial charge in [0.25, 0.3) is 0 Å². The van der Waals surface area contributed by atoms with E-state index in [1.165, 1.54) is 6.07 Å². The summed E-state index contributed by atoms with van der Waals surface area (Å²) in [7, 11) is 0. The van der Waals surface area contributed by atoms with Crippen molar-refractivity contribution >= 4 is 16.7 Å². The number of nitrogens with one attached hydrogen (secondary N) is 1. The lowest BCUT2D eigenvalue weighted by Crippen LogP contribution is -2.13. The SMILES string of the molecule is Cc1cc([C@@H](C)Nc2cccc(F)c2C#N)c2oc(-c3ccccc3)c(C)c(=O)c2c1. The molecule has 154 valence electrons. The molecule has 0 fully saturated rings. The fraction of sp³-hybridized carbons (Fsp3) is 0.154. The summed E-state index contributed by atoms with van der Waals surface area (Å²) in [4.78, 5) is 13.2. The van der Waals surface area contributed by atoms with Gasteiger partial charge in [0.2, 0.25) is 0 Å². The van der Waals surface area contributed by atoms with Crippen LogP contribution in [0, 0.1) is 31.0 Å². The molecule has 31 heavy (non-hydrogen) atoms. The summed E-state index contributed by atoms with van der Waals surface area (Å²) in [5.41, 5.74) is 3.79. The van der Waals surface area contributed by atoms with Crippen molar-refractivity contribution in [1.29, 1.82) is 5.26 Å². The Hall–Kier alpha value is -3.91. The van der Waals surface area contributed by atoms with E-state index in [4.69, 9.17) is 4.42 Å². The van der Waals surface area contributed by atoms with Crippen LogP contribution in [0.4, 0.5) is 10.1 Å². The van der Waals surface area contributed by atoms with Gasteiger partial charge >= 0.3 is 0 Å². The second-order valence-electron chi connectivity index (χ2n) is 7.62. The first kappa shape index (κ1) is 20.4. The Labute approximate surface area is 179 Å². The van der Waals surface area contributed by atoms with Gasteiger partial charge in [-0.25, -0.2) is 4.39 Å². The number of anilines is 1. The molecule has 0 unspecified atom stereocenters. The molecule has 4 rings (SSSR count). The molecule has 0 aliphatic heterocycles. The van der Waals surface area contributed by atoms with Crippen LogP contribution in [-0.2, 0) is 0 Å². The third kappa shape index (κ3) is 3.69. The molecule has 1 N–H and O–H groups in total. The van der Waals surface area contributed by atoms with Gasteiger partial charge in [0.1, 0.15) is 28.8 Å². The first-order valence-electron chi connectivity index (χ1n) is 9.99. The van der Waals surface area contributed by atoms with Crippen molar-refractivity contribution in [2.45, 2.75) is 26.8 Å². The Balaban J connectivity index is 1.90. The minimum Gasteiger partial charge on any atom is -0.455 e. The first-order chi connectivity index (χ1) is 14.9. The highest BCUT2D eigenvalue weighted by Crippen LogP contribution is 2.32. The number of hydrogen-bond acceptors (Lipinski definition) is 4. The summed E-state index contributed by atoms with van der Waals surface area (Å²) >= 11 is 0. The predicted molar refractivity (Wildman–Crippen MR) is 121 cm³/mol. The molecule has 1 atom stereocenters. The van der Waals surface area contributed by atoms with Gasteiger partial charge in [-0.05, 0) is 44.5 Å². The zero-order valence-electron chi connectivity index (χ0n) is 17.5. The van der Waals surface area contributed by atoms with Gasteiger partial charge in [-0.15, -0.1) is 0 Å². The number of aryl methyl sites for hydroxylation is 1. The first-order valence-corrected chi connectivity index (χ1v) is 9.99. The topological polar surface area (TPSA) is 66.0 Å². The van der Waals surface area contributed by atoms with Gasteiger partial charge in [0.05, 0.1) is 17.1 Å². The summed E-state index contributed by atoms with van der Waals surface area (Å²) in [5.74, 6) is -0.0545. The molecule has 1 heterocycles. The molecule has 0 aliphatic rings. The van der Waals surface area contributed by atoms with Crippen molar-refractivity contribution < 1.29 is 8.81 Å². The summed E-state index contributed by atoms with van der Waals surface area (Å²) in [5, 5.41) is 13.0. The van der Waals surface area contributed by atoms with E-state index in [1.54, 1.807) is 19.1 Å². The van der Waals surface area contributed by atoms with Gasteiger partial charge in [-0.1, -0.05) is 42.5 Å².